The molecule has 238 valence electrons. The fourth-order valence-electron chi connectivity index (χ4n) is 6.54. The quantitative estimate of drug-likeness (QED) is 0.108. The average molecular weight is 632 g/mol. The molecule has 0 saturated carbocycles. The fourth-order valence-corrected chi connectivity index (χ4v) is 6.54. The van der Waals surface area contributed by atoms with Crippen molar-refractivity contribution in [1.29, 1.82) is 0 Å². The predicted octanol–water partition coefficient (Wildman–Crippen LogP) is 6.89. The van der Waals surface area contributed by atoms with E-state index in [-0.39, 0.29) is 50.2 Å². The Morgan fingerprint density at radius 3 is 2.00 bits per heavy atom. The molecule has 4 aromatic carbocycles. The van der Waals surface area contributed by atoms with Gasteiger partial charge < -0.3 is 24.2 Å². The Morgan fingerprint density at radius 2 is 1.38 bits per heavy atom. The van der Waals surface area contributed by atoms with Crippen molar-refractivity contribution in [2.45, 2.75) is 30.7 Å². The molecule has 6 rings (SSSR count). The molecule has 1 N–H and O–H groups in total. The van der Waals surface area contributed by atoms with Crippen molar-refractivity contribution < 1.29 is 38.5 Å². The summed E-state index contributed by atoms with van der Waals surface area (Å²) in [4.78, 5) is 52.9. The van der Waals surface area contributed by atoms with Crippen molar-refractivity contribution in [3.05, 3.63) is 138 Å². The van der Waals surface area contributed by atoms with Gasteiger partial charge in [0.1, 0.15) is 24.9 Å². The zero-order valence-electron chi connectivity index (χ0n) is 25.5. The average Bonchev–Trinajstić information content (AvgIpc) is 3.41. The Bertz CT molecular complexity index is 1790. The number of ether oxygens (including phenoxy) is 3. The van der Waals surface area contributed by atoms with Crippen molar-refractivity contribution in [3.63, 3.8) is 0 Å². The summed E-state index contributed by atoms with van der Waals surface area (Å²) >= 11 is 0. The minimum Gasteiger partial charge on any atom is -0.481 e. The molecule has 2 aliphatic rings. The van der Waals surface area contributed by atoms with Gasteiger partial charge in [0.15, 0.2) is 0 Å². The zero-order valence-corrected chi connectivity index (χ0v) is 25.5. The highest BCUT2D eigenvalue weighted by Gasteiger charge is 2.44. The minimum atomic E-state index is -1.09. The summed E-state index contributed by atoms with van der Waals surface area (Å²) in [6.45, 7) is 3.80. The highest BCUT2D eigenvalue weighted by Crippen LogP contribution is 2.45. The maximum Gasteiger partial charge on any atom is 0.514 e. The third-order valence-corrected chi connectivity index (χ3v) is 8.60. The van der Waals surface area contributed by atoms with Crippen LogP contribution in [0.25, 0.3) is 11.1 Å². The maximum absolute atomic E-state index is 13.8. The first-order valence-electron chi connectivity index (χ1n) is 15.4. The lowest BCUT2D eigenvalue weighted by Gasteiger charge is -2.41. The molecule has 4 aromatic rings. The number of benzene rings is 4. The van der Waals surface area contributed by atoms with Gasteiger partial charge in [0.05, 0.1) is 6.04 Å². The summed E-state index contributed by atoms with van der Waals surface area (Å²) in [6.07, 6.45) is 0.823. The fraction of sp³-hybridized carbons (Fsp3) is 0.211. The van der Waals surface area contributed by atoms with Crippen LogP contribution in [0.1, 0.15) is 63.3 Å². The van der Waals surface area contributed by atoms with Crippen molar-refractivity contribution >= 4 is 24.0 Å². The molecular weight excluding hydrogens is 598 g/mol. The SMILES string of the molecule is C=CCOC(=O)Oc1ccc([C@H]2[C@H](C(=O)O)c3ccccc3C(=O)N2CCCC(=O)OCC2c3ccccc3-c3ccccc32)cc1. The van der Waals surface area contributed by atoms with Crippen molar-refractivity contribution in [2.24, 2.45) is 0 Å². The molecule has 0 saturated heterocycles. The number of carbonyl (C=O) groups is 4. The van der Waals surface area contributed by atoms with E-state index < -0.39 is 30.1 Å². The number of carbonyl (C=O) groups excluding carboxylic acids is 3. The van der Waals surface area contributed by atoms with Crippen LogP contribution < -0.4 is 4.74 Å². The second kappa shape index (κ2) is 13.7. The van der Waals surface area contributed by atoms with Gasteiger partial charge in [-0.1, -0.05) is 91.5 Å². The second-order valence-corrected chi connectivity index (χ2v) is 11.4. The number of fused-ring (bicyclic) bond motifs is 4. The highest BCUT2D eigenvalue weighted by atomic mass is 16.7. The summed E-state index contributed by atoms with van der Waals surface area (Å²) in [7, 11) is 0. The molecule has 1 heterocycles. The van der Waals surface area contributed by atoms with Crippen LogP contribution in [0, 0.1) is 0 Å². The second-order valence-electron chi connectivity index (χ2n) is 11.4. The number of nitrogens with zero attached hydrogens (tertiary/aromatic N) is 1. The Hall–Kier alpha value is -5.70. The highest BCUT2D eigenvalue weighted by molar-refractivity contribution is 6.00. The number of esters is 1. The molecule has 2 atom stereocenters. The number of hydrogen-bond donors (Lipinski definition) is 1. The first kappa shape index (κ1) is 31.3. The maximum atomic E-state index is 13.8. The molecule has 9 heteroatoms. The van der Waals surface area contributed by atoms with Crippen LogP contribution in [0.4, 0.5) is 4.79 Å². The van der Waals surface area contributed by atoms with Gasteiger partial charge >= 0.3 is 18.1 Å². The number of rotatable bonds is 11. The molecule has 0 unspecified atom stereocenters. The smallest absolute Gasteiger partial charge is 0.481 e. The monoisotopic (exact) mass is 631 g/mol. The summed E-state index contributed by atoms with van der Waals surface area (Å²) in [5, 5.41) is 10.4. The lowest BCUT2D eigenvalue weighted by molar-refractivity contribution is -0.144. The van der Waals surface area contributed by atoms with E-state index in [0.29, 0.717) is 16.7 Å². The van der Waals surface area contributed by atoms with E-state index in [2.05, 4.69) is 30.8 Å². The summed E-state index contributed by atoms with van der Waals surface area (Å²) in [5.41, 5.74) is 5.77. The predicted molar refractivity (Wildman–Crippen MR) is 173 cm³/mol. The van der Waals surface area contributed by atoms with Gasteiger partial charge in [-0.3, -0.25) is 14.4 Å². The number of amides is 1. The largest absolute Gasteiger partial charge is 0.514 e. The third kappa shape index (κ3) is 6.37. The van der Waals surface area contributed by atoms with E-state index in [1.165, 1.54) is 23.1 Å². The van der Waals surface area contributed by atoms with Crippen LogP contribution in [0.5, 0.6) is 5.75 Å². The Labute approximate surface area is 272 Å². The van der Waals surface area contributed by atoms with E-state index in [1.807, 2.05) is 24.3 Å². The van der Waals surface area contributed by atoms with Gasteiger partial charge in [-0.05, 0) is 58.0 Å². The van der Waals surface area contributed by atoms with Gasteiger partial charge in [0.2, 0.25) is 0 Å². The van der Waals surface area contributed by atoms with Gasteiger partial charge in [0.25, 0.3) is 5.91 Å². The summed E-state index contributed by atoms with van der Waals surface area (Å²) < 4.78 is 15.8. The van der Waals surface area contributed by atoms with Crippen molar-refractivity contribution in [1.82, 2.24) is 4.90 Å². The summed E-state index contributed by atoms with van der Waals surface area (Å²) in [6, 6.07) is 28.3. The first-order chi connectivity index (χ1) is 22.9. The van der Waals surface area contributed by atoms with Gasteiger partial charge in [-0.25, -0.2) is 4.79 Å². The van der Waals surface area contributed by atoms with Crippen LogP contribution in [-0.2, 0) is 19.1 Å². The van der Waals surface area contributed by atoms with Crippen molar-refractivity contribution in [3.8, 4) is 16.9 Å². The number of carboxylic acid groups (broad SMARTS) is 1. The number of carboxylic acids is 1. The Balaban J connectivity index is 1.17. The zero-order chi connectivity index (χ0) is 32.9. The molecule has 0 spiro atoms. The van der Waals surface area contributed by atoms with Crippen LogP contribution in [0.2, 0.25) is 0 Å². The van der Waals surface area contributed by atoms with Crippen LogP contribution in [-0.4, -0.2) is 53.8 Å². The topological polar surface area (TPSA) is 119 Å². The lowest BCUT2D eigenvalue weighted by Crippen LogP contribution is -2.45. The molecule has 1 amide bonds. The normalized spacial score (nSPS) is 16.4. The van der Waals surface area contributed by atoms with Crippen LogP contribution >= 0.6 is 0 Å². The van der Waals surface area contributed by atoms with Crippen LogP contribution in [0.3, 0.4) is 0 Å². The molecule has 0 bridgehead atoms. The van der Waals surface area contributed by atoms with E-state index in [0.717, 1.165) is 22.3 Å². The van der Waals surface area contributed by atoms with Crippen molar-refractivity contribution in [2.75, 3.05) is 19.8 Å². The molecule has 1 aliphatic heterocycles. The lowest BCUT2D eigenvalue weighted by atomic mass is 9.79. The molecule has 0 fully saturated rings. The van der Waals surface area contributed by atoms with Gasteiger partial charge in [-0.15, -0.1) is 0 Å². The minimum absolute atomic E-state index is 0.00813. The first-order valence-corrected chi connectivity index (χ1v) is 15.4. The van der Waals surface area contributed by atoms with E-state index in [4.69, 9.17) is 14.2 Å². The Morgan fingerprint density at radius 1 is 0.787 bits per heavy atom. The molecular formula is C38H33NO8. The van der Waals surface area contributed by atoms with Gasteiger partial charge in [0, 0.05) is 24.4 Å². The number of hydrogen-bond acceptors (Lipinski definition) is 7. The van der Waals surface area contributed by atoms with Crippen LogP contribution in [0.15, 0.2) is 110 Å². The molecule has 9 nitrogen and oxygen atoms in total. The van der Waals surface area contributed by atoms with Gasteiger partial charge in [-0.2, -0.15) is 0 Å². The third-order valence-electron chi connectivity index (χ3n) is 8.60. The molecule has 47 heavy (non-hydrogen) atoms. The molecule has 0 radical (unpaired) electrons. The standard InChI is InChI=1S/C38H33NO8/c1-2-22-45-38(44)47-25-19-17-24(18-20-25)35-34(37(42)43)30-14-7-8-15-31(30)36(41)39(35)21-9-16-33(40)46-23-32-28-12-5-3-10-26(28)27-11-4-6-13-29(27)32/h2-8,10-15,17-20,32,34-35H,1,9,16,21-23H2,(H,42,43)/t34-,35+/m1/s1. The van der Waals surface area contributed by atoms with E-state index in [9.17, 15) is 24.3 Å². The Kier molecular flexibility index (Phi) is 9.15. The molecule has 1 aliphatic carbocycles. The number of aliphatic carboxylic acids is 1. The van der Waals surface area contributed by atoms with E-state index >= 15 is 0 Å². The summed E-state index contributed by atoms with van der Waals surface area (Å²) in [5.74, 6) is -2.76. The van der Waals surface area contributed by atoms with E-state index in [1.54, 1.807) is 36.4 Å². The molecule has 0 aromatic heterocycles.